The Morgan fingerprint density at radius 2 is 1.68 bits per heavy atom. The van der Waals surface area contributed by atoms with E-state index >= 15 is 0 Å². The van der Waals surface area contributed by atoms with Crippen molar-refractivity contribution in [2.24, 2.45) is 0 Å². The largest absolute Gasteiger partial charge is 0.274 e. The quantitative estimate of drug-likeness (QED) is 0.742. The fourth-order valence-corrected chi connectivity index (χ4v) is 3.05. The predicted molar refractivity (Wildman–Crippen MR) is 76.7 cm³/mol. The molecule has 0 saturated heterocycles. The fourth-order valence-electron chi connectivity index (χ4n) is 2.78. The van der Waals surface area contributed by atoms with Crippen molar-refractivity contribution >= 4 is 33.4 Å². The molecule has 0 spiro atoms. The molecular weight excluding hydrogens is 306 g/mol. The molecule has 0 fully saturated rings. The minimum atomic E-state index is -0.117. The lowest BCUT2D eigenvalue weighted by atomic mass is 9.86. The van der Waals surface area contributed by atoms with Crippen LogP contribution in [-0.4, -0.2) is 11.8 Å². The molecular formula is C15H14BrNO2. The van der Waals surface area contributed by atoms with Crippen LogP contribution < -0.4 is 4.90 Å². The summed E-state index contributed by atoms with van der Waals surface area (Å²) in [6.45, 7) is 0. The van der Waals surface area contributed by atoms with Crippen LogP contribution in [0.5, 0.6) is 0 Å². The Hall–Kier alpha value is -1.42. The number of benzene rings is 1. The molecule has 0 aromatic heterocycles. The molecule has 0 bridgehead atoms. The smallest absolute Gasteiger partial charge is 0.260 e. The lowest BCUT2D eigenvalue weighted by Crippen LogP contribution is -2.42. The number of rotatable bonds is 1. The van der Waals surface area contributed by atoms with Crippen LogP contribution in [0.4, 0.5) is 5.69 Å². The summed E-state index contributed by atoms with van der Waals surface area (Å²) < 4.78 is 0.936. The molecule has 98 valence electrons. The number of carbonyl (C=O) groups is 2. The van der Waals surface area contributed by atoms with Gasteiger partial charge in [-0.05, 0) is 49.9 Å². The number of hydrogen-bond donors (Lipinski definition) is 0. The van der Waals surface area contributed by atoms with Gasteiger partial charge in [0.2, 0.25) is 5.91 Å². The lowest BCUT2D eigenvalue weighted by molar-refractivity contribution is -0.125. The summed E-state index contributed by atoms with van der Waals surface area (Å²) in [6, 6.07) is 7.30. The highest BCUT2D eigenvalue weighted by atomic mass is 79.9. The van der Waals surface area contributed by atoms with Crippen LogP contribution >= 0.6 is 15.9 Å². The SMILES string of the molecule is O=C1CC2=C(CCCC2)C(=O)N1c1ccc(Br)cc1. The van der Waals surface area contributed by atoms with Crippen molar-refractivity contribution in [2.75, 3.05) is 4.90 Å². The monoisotopic (exact) mass is 319 g/mol. The highest BCUT2D eigenvalue weighted by molar-refractivity contribution is 9.10. The van der Waals surface area contributed by atoms with Gasteiger partial charge in [-0.25, -0.2) is 4.90 Å². The lowest BCUT2D eigenvalue weighted by Gasteiger charge is -2.31. The third-order valence-corrected chi connectivity index (χ3v) is 4.27. The van der Waals surface area contributed by atoms with Crippen LogP contribution in [0.15, 0.2) is 39.9 Å². The van der Waals surface area contributed by atoms with Gasteiger partial charge in [-0.15, -0.1) is 0 Å². The number of nitrogens with zero attached hydrogens (tertiary/aromatic N) is 1. The van der Waals surface area contributed by atoms with Crippen LogP contribution in [0.2, 0.25) is 0 Å². The van der Waals surface area contributed by atoms with Crippen molar-refractivity contribution in [2.45, 2.75) is 32.1 Å². The maximum Gasteiger partial charge on any atom is 0.260 e. The molecule has 0 atom stereocenters. The summed E-state index contributed by atoms with van der Waals surface area (Å²) in [5.41, 5.74) is 2.60. The Morgan fingerprint density at radius 3 is 2.42 bits per heavy atom. The molecule has 4 heteroatoms. The van der Waals surface area contributed by atoms with E-state index in [-0.39, 0.29) is 11.8 Å². The summed E-state index contributed by atoms with van der Waals surface area (Å²) in [4.78, 5) is 26.0. The first kappa shape index (κ1) is 12.6. The average molecular weight is 320 g/mol. The highest BCUT2D eigenvalue weighted by Gasteiger charge is 2.34. The van der Waals surface area contributed by atoms with Gasteiger partial charge in [-0.3, -0.25) is 9.59 Å². The van der Waals surface area contributed by atoms with Gasteiger partial charge in [0, 0.05) is 16.5 Å². The van der Waals surface area contributed by atoms with Gasteiger partial charge in [0.25, 0.3) is 5.91 Å². The number of amides is 2. The molecule has 0 N–H and O–H groups in total. The topological polar surface area (TPSA) is 37.4 Å². The Kier molecular flexibility index (Phi) is 3.27. The second kappa shape index (κ2) is 4.93. The van der Waals surface area contributed by atoms with Gasteiger partial charge in [-0.1, -0.05) is 21.5 Å². The summed E-state index contributed by atoms with van der Waals surface area (Å²) in [5, 5.41) is 0. The molecule has 0 saturated carbocycles. The third kappa shape index (κ3) is 2.25. The molecule has 1 heterocycles. The number of halogens is 1. The minimum Gasteiger partial charge on any atom is -0.274 e. The number of carbonyl (C=O) groups excluding carboxylic acids is 2. The average Bonchev–Trinajstić information content (AvgIpc) is 2.41. The molecule has 2 aliphatic rings. The van der Waals surface area contributed by atoms with Crippen LogP contribution in [0.25, 0.3) is 0 Å². The van der Waals surface area contributed by atoms with E-state index in [2.05, 4.69) is 15.9 Å². The van der Waals surface area contributed by atoms with Crippen molar-refractivity contribution in [1.29, 1.82) is 0 Å². The Balaban J connectivity index is 1.99. The summed E-state index contributed by atoms with van der Waals surface area (Å²) in [6.07, 6.45) is 4.26. The molecule has 1 aromatic carbocycles. The van der Waals surface area contributed by atoms with Crippen molar-refractivity contribution in [3.05, 3.63) is 39.9 Å². The zero-order valence-corrected chi connectivity index (χ0v) is 12.1. The molecule has 19 heavy (non-hydrogen) atoms. The molecule has 2 amide bonds. The maximum atomic E-state index is 12.5. The first-order valence-corrected chi connectivity index (χ1v) is 7.30. The van der Waals surface area contributed by atoms with Gasteiger partial charge in [0.05, 0.1) is 5.69 Å². The van der Waals surface area contributed by atoms with Crippen LogP contribution in [0.1, 0.15) is 32.1 Å². The van der Waals surface area contributed by atoms with Gasteiger partial charge >= 0.3 is 0 Å². The van der Waals surface area contributed by atoms with E-state index in [9.17, 15) is 9.59 Å². The van der Waals surface area contributed by atoms with Crippen LogP contribution in [0.3, 0.4) is 0 Å². The molecule has 0 unspecified atom stereocenters. The van der Waals surface area contributed by atoms with E-state index in [0.717, 1.165) is 41.3 Å². The normalized spacial score (nSPS) is 19.7. The van der Waals surface area contributed by atoms with Gasteiger partial charge < -0.3 is 0 Å². The second-order valence-electron chi connectivity index (χ2n) is 4.98. The second-order valence-corrected chi connectivity index (χ2v) is 5.89. The molecule has 3 nitrogen and oxygen atoms in total. The molecule has 1 aliphatic heterocycles. The summed E-state index contributed by atoms with van der Waals surface area (Å²) in [7, 11) is 0. The molecule has 3 rings (SSSR count). The summed E-state index contributed by atoms with van der Waals surface area (Å²) in [5.74, 6) is -0.221. The minimum absolute atomic E-state index is 0.104. The zero-order valence-electron chi connectivity index (χ0n) is 10.5. The van der Waals surface area contributed by atoms with E-state index in [0.29, 0.717) is 12.1 Å². The Labute approximate surface area is 120 Å². The number of hydrogen-bond acceptors (Lipinski definition) is 2. The van der Waals surface area contributed by atoms with E-state index in [1.807, 2.05) is 12.1 Å². The van der Waals surface area contributed by atoms with E-state index < -0.39 is 0 Å². The zero-order chi connectivity index (χ0) is 13.4. The summed E-state index contributed by atoms with van der Waals surface area (Å²) >= 11 is 3.36. The molecule has 1 aliphatic carbocycles. The Morgan fingerprint density at radius 1 is 1.00 bits per heavy atom. The number of imide groups is 1. The highest BCUT2D eigenvalue weighted by Crippen LogP contribution is 2.34. The van der Waals surface area contributed by atoms with E-state index in [4.69, 9.17) is 0 Å². The predicted octanol–water partition coefficient (Wildman–Crippen LogP) is 3.58. The van der Waals surface area contributed by atoms with E-state index in [1.54, 1.807) is 12.1 Å². The van der Waals surface area contributed by atoms with Crippen molar-refractivity contribution in [3.63, 3.8) is 0 Å². The Bertz CT molecular complexity index is 574. The third-order valence-electron chi connectivity index (χ3n) is 3.74. The van der Waals surface area contributed by atoms with Crippen molar-refractivity contribution in [1.82, 2.24) is 0 Å². The fraction of sp³-hybridized carbons (Fsp3) is 0.333. The van der Waals surface area contributed by atoms with Crippen LogP contribution in [-0.2, 0) is 9.59 Å². The first-order valence-electron chi connectivity index (χ1n) is 6.50. The van der Waals surface area contributed by atoms with Gasteiger partial charge in [0.15, 0.2) is 0 Å². The standard InChI is InChI=1S/C15H14BrNO2/c16-11-5-7-12(8-6-11)17-14(18)9-10-3-1-2-4-13(10)15(17)19/h5-8H,1-4,9H2. The van der Waals surface area contributed by atoms with Gasteiger partial charge in [0.1, 0.15) is 0 Å². The molecule has 1 aromatic rings. The number of anilines is 1. The molecule has 0 radical (unpaired) electrons. The first-order chi connectivity index (χ1) is 9.16. The van der Waals surface area contributed by atoms with Crippen LogP contribution in [0, 0.1) is 0 Å². The van der Waals surface area contributed by atoms with Crippen molar-refractivity contribution in [3.8, 4) is 0 Å². The van der Waals surface area contributed by atoms with E-state index in [1.165, 1.54) is 4.90 Å². The van der Waals surface area contributed by atoms with Gasteiger partial charge in [-0.2, -0.15) is 0 Å². The van der Waals surface area contributed by atoms with Crippen molar-refractivity contribution < 1.29 is 9.59 Å². The maximum absolute atomic E-state index is 12.5.